The van der Waals surface area contributed by atoms with E-state index in [2.05, 4.69) is 15.5 Å². The molecular formula is C13H14N4O3. The Morgan fingerprint density at radius 3 is 2.95 bits per heavy atom. The number of anilines is 2. The van der Waals surface area contributed by atoms with Gasteiger partial charge in [-0.15, -0.1) is 5.10 Å². The average molecular weight is 274 g/mol. The van der Waals surface area contributed by atoms with E-state index < -0.39 is 5.91 Å². The van der Waals surface area contributed by atoms with Gasteiger partial charge < -0.3 is 14.9 Å². The van der Waals surface area contributed by atoms with Gasteiger partial charge in [-0.25, -0.2) is 0 Å². The number of benzene rings is 1. The van der Waals surface area contributed by atoms with Gasteiger partial charge in [0.05, 0.1) is 12.7 Å². The monoisotopic (exact) mass is 274 g/mol. The molecule has 0 atom stereocenters. The number of methoxy groups -OCH3 is 1. The number of nitrogens with two attached hydrogens (primary N) is 1. The third-order valence-corrected chi connectivity index (χ3v) is 3.09. The van der Waals surface area contributed by atoms with E-state index in [9.17, 15) is 4.79 Å². The molecule has 3 N–H and O–H groups in total. The fourth-order valence-electron chi connectivity index (χ4n) is 1.80. The molecule has 20 heavy (non-hydrogen) atoms. The number of hydrogen-bond donors (Lipinski definition) is 2. The Morgan fingerprint density at radius 2 is 2.25 bits per heavy atom. The molecule has 0 radical (unpaired) electrons. The van der Waals surface area contributed by atoms with Crippen molar-refractivity contribution >= 4 is 17.6 Å². The first kappa shape index (κ1) is 12.5. The van der Waals surface area contributed by atoms with E-state index in [4.69, 9.17) is 14.9 Å². The molecule has 1 aromatic carbocycles. The number of ether oxygens (including phenoxy) is 1. The number of nitrogen functional groups attached to an aromatic ring is 1. The number of nitrogens with zero attached hydrogens (tertiary/aromatic N) is 2. The number of aromatic nitrogens is 2. The number of amides is 1. The minimum absolute atomic E-state index is 0.0825. The van der Waals surface area contributed by atoms with Crippen LogP contribution in [-0.4, -0.2) is 23.2 Å². The zero-order valence-corrected chi connectivity index (χ0v) is 10.9. The van der Waals surface area contributed by atoms with Crippen LogP contribution in [0, 0.1) is 0 Å². The van der Waals surface area contributed by atoms with E-state index in [1.807, 2.05) is 0 Å². The van der Waals surface area contributed by atoms with Gasteiger partial charge in [0.2, 0.25) is 5.89 Å². The first-order chi connectivity index (χ1) is 9.67. The number of rotatable bonds is 4. The lowest BCUT2D eigenvalue weighted by Crippen LogP contribution is -2.14. The smallest absolute Gasteiger partial charge is 0.322 e. The first-order valence-corrected chi connectivity index (χ1v) is 6.25. The summed E-state index contributed by atoms with van der Waals surface area (Å²) in [7, 11) is 1.52. The summed E-state index contributed by atoms with van der Waals surface area (Å²) in [5, 5.41) is 10.2. The maximum Gasteiger partial charge on any atom is 0.322 e. The molecule has 1 aliphatic rings. The Labute approximate surface area is 115 Å². The number of hydrogen-bond acceptors (Lipinski definition) is 6. The second-order valence-electron chi connectivity index (χ2n) is 4.63. The molecule has 0 bridgehead atoms. The van der Waals surface area contributed by atoms with Gasteiger partial charge in [0, 0.05) is 11.6 Å². The lowest BCUT2D eigenvalue weighted by atomic mass is 10.1. The van der Waals surface area contributed by atoms with Crippen molar-refractivity contribution in [3.63, 3.8) is 0 Å². The van der Waals surface area contributed by atoms with E-state index in [0.717, 1.165) is 12.8 Å². The fourth-order valence-corrected chi connectivity index (χ4v) is 1.80. The molecule has 104 valence electrons. The van der Waals surface area contributed by atoms with Crippen molar-refractivity contribution in [3.8, 4) is 5.75 Å². The Balaban J connectivity index is 1.77. The molecule has 0 aliphatic heterocycles. The molecule has 3 rings (SSSR count). The summed E-state index contributed by atoms with van der Waals surface area (Å²) >= 11 is 0. The second kappa shape index (κ2) is 4.84. The first-order valence-electron chi connectivity index (χ1n) is 6.25. The highest BCUT2D eigenvalue weighted by molar-refractivity contribution is 6.07. The van der Waals surface area contributed by atoms with Crippen LogP contribution in [0.4, 0.5) is 11.7 Å². The van der Waals surface area contributed by atoms with E-state index >= 15 is 0 Å². The molecule has 1 aromatic heterocycles. The average Bonchev–Trinajstić information content (AvgIpc) is 3.20. The van der Waals surface area contributed by atoms with Crippen molar-refractivity contribution < 1.29 is 13.9 Å². The maximum absolute atomic E-state index is 12.1. The van der Waals surface area contributed by atoms with Crippen molar-refractivity contribution in [1.29, 1.82) is 0 Å². The van der Waals surface area contributed by atoms with Gasteiger partial charge in [0.1, 0.15) is 5.75 Å². The lowest BCUT2D eigenvalue weighted by Gasteiger charge is -2.06. The fraction of sp³-hybridized carbons (Fsp3) is 0.308. The molecule has 1 fully saturated rings. The van der Waals surface area contributed by atoms with Crippen LogP contribution >= 0.6 is 0 Å². The zero-order valence-electron chi connectivity index (χ0n) is 10.9. The molecular weight excluding hydrogens is 260 g/mol. The van der Waals surface area contributed by atoms with Crippen LogP contribution in [0.15, 0.2) is 22.6 Å². The van der Waals surface area contributed by atoms with Gasteiger partial charge in [-0.3, -0.25) is 10.1 Å². The quantitative estimate of drug-likeness (QED) is 0.824. The summed E-state index contributed by atoms with van der Waals surface area (Å²) in [5.74, 6) is 1.05. The standard InChI is InChI=1S/C13H14N4O3/c1-19-8-4-5-10(14)9(6-8)11(18)15-13-17-16-12(20-13)7-2-3-7/h4-7H,2-3,14H2,1H3,(H,15,17,18). The molecule has 7 heteroatoms. The molecule has 7 nitrogen and oxygen atoms in total. The van der Waals surface area contributed by atoms with Crippen LogP contribution in [0.25, 0.3) is 0 Å². The van der Waals surface area contributed by atoms with Crippen LogP contribution in [0.2, 0.25) is 0 Å². The highest BCUT2D eigenvalue weighted by atomic mass is 16.5. The third-order valence-electron chi connectivity index (χ3n) is 3.09. The van der Waals surface area contributed by atoms with E-state index in [-0.39, 0.29) is 6.01 Å². The molecule has 1 saturated carbocycles. The SMILES string of the molecule is COc1ccc(N)c(C(=O)Nc2nnc(C3CC3)o2)c1. The highest BCUT2D eigenvalue weighted by Crippen LogP contribution is 2.39. The minimum Gasteiger partial charge on any atom is -0.497 e. The van der Waals surface area contributed by atoms with Crippen molar-refractivity contribution in [2.75, 3.05) is 18.2 Å². The normalized spacial score (nSPS) is 14.1. The van der Waals surface area contributed by atoms with Gasteiger partial charge in [0.25, 0.3) is 5.91 Å². The number of carbonyl (C=O) groups excluding carboxylic acids is 1. The van der Waals surface area contributed by atoms with Crippen molar-refractivity contribution in [3.05, 3.63) is 29.7 Å². The van der Waals surface area contributed by atoms with Gasteiger partial charge in [-0.05, 0) is 31.0 Å². The topological polar surface area (TPSA) is 103 Å². The Kier molecular flexibility index (Phi) is 3.02. The number of carbonyl (C=O) groups is 1. The Morgan fingerprint density at radius 1 is 1.45 bits per heavy atom. The zero-order chi connectivity index (χ0) is 14.1. The summed E-state index contributed by atoms with van der Waals surface area (Å²) in [4.78, 5) is 12.1. The second-order valence-corrected chi connectivity index (χ2v) is 4.63. The van der Waals surface area contributed by atoms with Gasteiger partial charge in [-0.2, -0.15) is 0 Å². The predicted molar refractivity (Wildman–Crippen MR) is 71.6 cm³/mol. The van der Waals surface area contributed by atoms with E-state index in [0.29, 0.717) is 28.8 Å². The molecule has 2 aromatic rings. The highest BCUT2D eigenvalue weighted by Gasteiger charge is 2.29. The van der Waals surface area contributed by atoms with E-state index in [1.54, 1.807) is 18.2 Å². The number of nitrogens with one attached hydrogen (secondary N) is 1. The molecule has 0 unspecified atom stereocenters. The summed E-state index contributed by atoms with van der Waals surface area (Å²) in [6.07, 6.45) is 2.11. The summed E-state index contributed by atoms with van der Waals surface area (Å²) in [5.41, 5.74) is 6.43. The van der Waals surface area contributed by atoms with Crippen LogP contribution in [-0.2, 0) is 0 Å². The van der Waals surface area contributed by atoms with Crippen molar-refractivity contribution in [2.45, 2.75) is 18.8 Å². The van der Waals surface area contributed by atoms with Crippen LogP contribution in [0.5, 0.6) is 5.75 Å². The Bertz CT molecular complexity index is 649. The lowest BCUT2D eigenvalue weighted by molar-refractivity contribution is 0.102. The molecule has 1 amide bonds. The van der Waals surface area contributed by atoms with E-state index in [1.165, 1.54) is 7.11 Å². The van der Waals surface area contributed by atoms with Crippen molar-refractivity contribution in [1.82, 2.24) is 10.2 Å². The molecule has 0 saturated heterocycles. The Hall–Kier alpha value is -2.57. The summed E-state index contributed by atoms with van der Waals surface area (Å²) in [6, 6.07) is 4.93. The summed E-state index contributed by atoms with van der Waals surface area (Å²) in [6.45, 7) is 0. The largest absolute Gasteiger partial charge is 0.497 e. The maximum atomic E-state index is 12.1. The van der Waals surface area contributed by atoms with Gasteiger partial charge >= 0.3 is 6.01 Å². The van der Waals surface area contributed by atoms with Crippen molar-refractivity contribution in [2.24, 2.45) is 0 Å². The van der Waals surface area contributed by atoms with Gasteiger partial charge in [-0.1, -0.05) is 5.10 Å². The summed E-state index contributed by atoms with van der Waals surface area (Å²) < 4.78 is 10.4. The predicted octanol–water partition coefficient (Wildman–Crippen LogP) is 1.79. The van der Waals surface area contributed by atoms with Crippen LogP contribution in [0.3, 0.4) is 0 Å². The van der Waals surface area contributed by atoms with Gasteiger partial charge in [0.15, 0.2) is 0 Å². The molecule has 1 heterocycles. The molecule has 1 aliphatic carbocycles. The third kappa shape index (κ3) is 2.42. The molecule has 0 spiro atoms. The van der Waals surface area contributed by atoms with Crippen LogP contribution in [0.1, 0.15) is 35.0 Å². The van der Waals surface area contributed by atoms with Crippen LogP contribution < -0.4 is 15.8 Å². The minimum atomic E-state index is -0.410.